The Morgan fingerprint density at radius 3 is 2.67 bits per heavy atom. The molecule has 2 nitrogen and oxygen atoms in total. The number of rotatable bonds is 3. The van der Waals surface area contributed by atoms with Crippen molar-refractivity contribution in [2.45, 2.75) is 46.5 Å². The molecule has 1 atom stereocenters. The Bertz CT molecular complexity index is 465. The van der Waals surface area contributed by atoms with E-state index >= 15 is 0 Å². The van der Waals surface area contributed by atoms with Gasteiger partial charge >= 0.3 is 0 Å². The molecule has 2 N–H and O–H groups in total. The fourth-order valence-corrected chi connectivity index (χ4v) is 3.77. The van der Waals surface area contributed by atoms with E-state index in [1.165, 1.54) is 30.5 Å². The van der Waals surface area contributed by atoms with E-state index in [4.69, 9.17) is 17.3 Å². The SMILES string of the molecule is CC(C)(C)C1CCCN(c2c(Cl)cccc2CCN)CC1. The quantitative estimate of drug-likeness (QED) is 0.891. The smallest absolute Gasteiger partial charge is 0.0642 e. The van der Waals surface area contributed by atoms with Gasteiger partial charge in [-0.15, -0.1) is 0 Å². The second-order valence-corrected chi connectivity index (χ2v) is 7.67. The second kappa shape index (κ2) is 7.02. The zero-order valence-electron chi connectivity index (χ0n) is 13.7. The first-order chi connectivity index (χ1) is 9.93. The number of anilines is 1. The first-order valence-corrected chi connectivity index (χ1v) is 8.53. The zero-order chi connectivity index (χ0) is 15.5. The molecule has 0 saturated carbocycles. The van der Waals surface area contributed by atoms with Crippen LogP contribution in [0, 0.1) is 11.3 Å². The lowest BCUT2D eigenvalue weighted by atomic mass is 9.77. The van der Waals surface area contributed by atoms with Gasteiger partial charge in [0, 0.05) is 13.1 Å². The summed E-state index contributed by atoms with van der Waals surface area (Å²) in [5.41, 5.74) is 8.67. The van der Waals surface area contributed by atoms with Gasteiger partial charge in [-0.3, -0.25) is 0 Å². The highest BCUT2D eigenvalue weighted by Gasteiger charge is 2.28. The van der Waals surface area contributed by atoms with Gasteiger partial charge in [0.05, 0.1) is 10.7 Å². The summed E-state index contributed by atoms with van der Waals surface area (Å²) < 4.78 is 0. The summed E-state index contributed by atoms with van der Waals surface area (Å²) >= 11 is 6.50. The summed E-state index contributed by atoms with van der Waals surface area (Å²) in [5, 5.41) is 0.871. The van der Waals surface area contributed by atoms with Crippen molar-refractivity contribution in [3.63, 3.8) is 0 Å². The lowest BCUT2D eigenvalue weighted by Gasteiger charge is -2.30. The Balaban J connectivity index is 2.19. The van der Waals surface area contributed by atoms with Crippen LogP contribution in [0.2, 0.25) is 5.02 Å². The molecule has 1 saturated heterocycles. The molecule has 0 spiro atoms. The van der Waals surface area contributed by atoms with Gasteiger partial charge < -0.3 is 10.6 Å². The van der Waals surface area contributed by atoms with E-state index in [9.17, 15) is 0 Å². The number of benzene rings is 1. The standard InChI is InChI=1S/C18H29ClN2/c1-18(2,3)15-7-5-12-21(13-10-15)17-14(9-11-20)6-4-8-16(17)19/h4,6,8,15H,5,7,9-13,20H2,1-3H3. The van der Waals surface area contributed by atoms with Gasteiger partial charge in [-0.2, -0.15) is 0 Å². The Hall–Kier alpha value is -0.730. The molecule has 118 valence electrons. The molecule has 1 aromatic rings. The van der Waals surface area contributed by atoms with Crippen LogP contribution >= 0.6 is 11.6 Å². The molecule has 21 heavy (non-hydrogen) atoms. The number of nitrogens with two attached hydrogens (primary N) is 1. The van der Waals surface area contributed by atoms with E-state index < -0.39 is 0 Å². The van der Waals surface area contributed by atoms with Crippen molar-refractivity contribution in [1.29, 1.82) is 0 Å². The molecule has 1 aliphatic rings. The van der Waals surface area contributed by atoms with Crippen LogP contribution in [0.25, 0.3) is 0 Å². The van der Waals surface area contributed by atoms with Gasteiger partial charge in [0.15, 0.2) is 0 Å². The molecule has 1 aliphatic heterocycles. The van der Waals surface area contributed by atoms with Crippen LogP contribution < -0.4 is 10.6 Å². The van der Waals surface area contributed by atoms with Crippen LogP contribution in [0.4, 0.5) is 5.69 Å². The molecular formula is C18H29ClN2. The minimum atomic E-state index is 0.399. The van der Waals surface area contributed by atoms with Gasteiger partial charge in [-0.1, -0.05) is 44.5 Å². The van der Waals surface area contributed by atoms with Crippen molar-refractivity contribution < 1.29 is 0 Å². The largest absolute Gasteiger partial charge is 0.370 e. The molecule has 1 aromatic carbocycles. The van der Waals surface area contributed by atoms with Crippen LogP contribution in [0.3, 0.4) is 0 Å². The van der Waals surface area contributed by atoms with Crippen molar-refractivity contribution in [2.75, 3.05) is 24.5 Å². The Labute approximate surface area is 134 Å². The summed E-state index contributed by atoms with van der Waals surface area (Å²) in [6.45, 7) is 9.97. The first kappa shape index (κ1) is 16.6. The highest BCUT2D eigenvalue weighted by atomic mass is 35.5. The van der Waals surface area contributed by atoms with E-state index in [0.29, 0.717) is 12.0 Å². The summed E-state index contributed by atoms with van der Waals surface area (Å²) in [5.74, 6) is 0.794. The van der Waals surface area contributed by atoms with Gasteiger partial charge in [-0.05, 0) is 55.2 Å². The average Bonchev–Trinajstić information content (AvgIpc) is 2.64. The fourth-order valence-electron chi connectivity index (χ4n) is 3.46. The maximum absolute atomic E-state index is 6.50. The Morgan fingerprint density at radius 2 is 2.00 bits per heavy atom. The summed E-state index contributed by atoms with van der Waals surface area (Å²) in [7, 11) is 0. The van der Waals surface area contributed by atoms with Crippen molar-refractivity contribution in [3.8, 4) is 0 Å². The van der Waals surface area contributed by atoms with E-state index in [2.05, 4.69) is 31.7 Å². The highest BCUT2D eigenvalue weighted by molar-refractivity contribution is 6.33. The van der Waals surface area contributed by atoms with Gasteiger partial charge in [0.1, 0.15) is 0 Å². The van der Waals surface area contributed by atoms with Gasteiger partial charge in [0.2, 0.25) is 0 Å². The molecule has 0 aliphatic carbocycles. The second-order valence-electron chi connectivity index (χ2n) is 7.27. The highest BCUT2D eigenvalue weighted by Crippen LogP contribution is 2.37. The molecular weight excluding hydrogens is 280 g/mol. The van der Waals surface area contributed by atoms with Crippen LogP contribution in [0.15, 0.2) is 18.2 Å². The summed E-state index contributed by atoms with van der Waals surface area (Å²) in [4.78, 5) is 2.49. The predicted octanol–water partition coefficient (Wildman–Crippen LogP) is 4.49. The molecule has 0 amide bonds. The maximum atomic E-state index is 6.50. The molecule has 1 heterocycles. The fraction of sp³-hybridized carbons (Fsp3) is 0.667. The minimum absolute atomic E-state index is 0.399. The van der Waals surface area contributed by atoms with Gasteiger partial charge in [0.25, 0.3) is 0 Å². The van der Waals surface area contributed by atoms with E-state index in [1.54, 1.807) is 0 Å². The van der Waals surface area contributed by atoms with E-state index in [0.717, 1.165) is 30.5 Å². The lowest BCUT2D eigenvalue weighted by Crippen LogP contribution is -2.27. The minimum Gasteiger partial charge on any atom is -0.370 e. The number of nitrogens with zero attached hydrogens (tertiary/aromatic N) is 1. The third-order valence-electron chi connectivity index (χ3n) is 4.75. The first-order valence-electron chi connectivity index (χ1n) is 8.16. The zero-order valence-corrected chi connectivity index (χ0v) is 14.4. The van der Waals surface area contributed by atoms with Crippen LogP contribution in [-0.4, -0.2) is 19.6 Å². The van der Waals surface area contributed by atoms with Crippen LogP contribution in [0.5, 0.6) is 0 Å². The molecule has 3 heteroatoms. The van der Waals surface area contributed by atoms with E-state index in [-0.39, 0.29) is 0 Å². The number of hydrogen-bond acceptors (Lipinski definition) is 2. The molecule has 2 rings (SSSR count). The molecule has 0 aromatic heterocycles. The molecule has 1 fully saturated rings. The average molecular weight is 309 g/mol. The van der Waals surface area contributed by atoms with E-state index in [1.807, 2.05) is 12.1 Å². The molecule has 0 bridgehead atoms. The maximum Gasteiger partial charge on any atom is 0.0642 e. The van der Waals surface area contributed by atoms with Crippen LogP contribution in [-0.2, 0) is 6.42 Å². The van der Waals surface area contributed by atoms with Crippen molar-refractivity contribution in [1.82, 2.24) is 0 Å². The number of para-hydroxylation sites is 1. The van der Waals surface area contributed by atoms with Crippen molar-refractivity contribution in [2.24, 2.45) is 17.1 Å². The molecule has 1 unspecified atom stereocenters. The molecule has 0 radical (unpaired) electrons. The summed E-state index contributed by atoms with van der Waals surface area (Å²) in [6, 6.07) is 6.20. The van der Waals surface area contributed by atoms with Crippen molar-refractivity contribution in [3.05, 3.63) is 28.8 Å². The third-order valence-corrected chi connectivity index (χ3v) is 5.06. The lowest BCUT2D eigenvalue weighted by molar-refractivity contribution is 0.220. The van der Waals surface area contributed by atoms with Crippen LogP contribution in [0.1, 0.15) is 45.6 Å². The predicted molar refractivity (Wildman–Crippen MR) is 93.2 cm³/mol. The van der Waals surface area contributed by atoms with Crippen molar-refractivity contribution >= 4 is 17.3 Å². The Kier molecular flexibility index (Phi) is 5.56. The normalized spacial score (nSPS) is 20.4. The third kappa shape index (κ3) is 4.14. The number of hydrogen-bond donors (Lipinski definition) is 1. The number of halogens is 1. The van der Waals surface area contributed by atoms with Gasteiger partial charge in [-0.25, -0.2) is 0 Å². The monoisotopic (exact) mass is 308 g/mol. The Morgan fingerprint density at radius 1 is 1.24 bits per heavy atom. The summed E-state index contributed by atoms with van der Waals surface area (Å²) in [6.07, 6.45) is 4.71. The topological polar surface area (TPSA) is 29.3 Å².